The number of benzene rings is 3. The summed E-state index contributed by atoms with van der Waals surface area (Å²) in [6, 6.07) is 21.6. The van der Waals surface area contributed by atoms with Crippen molar-refractivity contribution in [2.45, 2.75) is 0 Å². The topological polar surface area (TPSA) is 69.4 Å². The van der Waals surface area contributed by atoms with Crippen LogP contribution < -0.4 is 4.74 Å². The van der Waals surface area contributed by atoms with Crippen molar-refractivity contribution in [2.24, 2.45) is 0 Å². The number of hydrogen-bond acceptors (Lipinski definition) is 4. The third-order valence-electron chi connectivity index (χ3n) is 3.43. The third kappa shape index (κ3) is 3.15. The summed E-state index contributed by atoms with van der Waals surface area (Å²) < 4.78 is 5.68. The van der Waals surface area contributed by atoms with Crippen LogP contribution in [0.5, 0.6) is 11.5 Å². The van der Waals surface area contributed by atoms with Gasteiger partial charge in [0.15, 0.2) is 5.78 Å². The van der Waals surface area contributed by atoms with Gasteiger partial charge >= 0.3 is 5.69 Å². The Balaban J connectivity index is 2.10. The molecule has 0 aliphatic carbocycles. The van der Waals surface area contributed by atoms with Crippen molar-refractivity contribution in [3.05, 3.63) is 100 Å². The Kier molecular flexibility index (Phi) is 4.34. The number of nitro benzene ring substituents is 1. The van der Waals surface area contributed by atoms with Gasteiger partial charge in [0.2, 0.25) is 5.75 Å². The van der Waals surface area contributed by atoms with Crippen LogP contribution in [0.15, 0.2) is 78.9 Å². The summed E-state index contributed by atoms with van der Waals surface area (Å²) in [5.41, 5.74) is 0.343. The normalized spacial score (nSPS) is 10.2. The Hall–Kier alpha value is -3.47. The number of para-hydroxylation sites is 2. The van der Waals surface area contributed by atoms with E-state index in [1.807, 2.05) is 6.07 Å². The molecule has 0 unspecified atom stereocenters. The Morgan fingerprint density at radius 1 is 0.833 bits per heavy atom. The molecule has 0 N–H and O–H groups in total. The summed E-state index contributed by atoms with van der Waals surface area (Å²) in [5.74, 6) is 0.0432. The molecule has 0 fully saturated rings. The highest BCUT2D eigenvalue weighted by atomic mass is 16.6. The van der Waals surface area contributed by atoms with Crippen molar-refractivity contribution in [3.63, 3.8) is 0 Å². The largest absolute Gasteiger partial charge is 0.449 e. The quantitative estimate of drug-likeness (QED) is 0.391. The highest BCUT2D eigenvalue weighted by Gasteiger charge is 2.24. The molecule has 0 aromatic heterocycles. The zero-order valence-electron chi connectivity index (χ0n) is 12.6. The Bertz CT molecular complexity index is 876. The molecule has 0 aliphatic rings. The van der Waals surface area contributed by atoms with E-state index in [4.69, 9.17) is 4.74 Å². The van der Waals surface area contributed by atoms with Crippen LogP contribution in [0.3, 0.4) is 0 Å². The molecular formula is C19H13NO4. The molecule has 0 saturated carbocycles. The maximum atomic E-state index is 12.7. The van der Waals surface area contributed by atoms with Gasteiger partial charge < -0.3 is 4.74 Å². The molecule has 3 rings (SSSR count). The lowest BCUT2D eigenvalue weighted by atomic mass is 10.0. The lowest BCUT2D eigenvalue weighted by Crippen LogP contribution is -2.05. The summed E-state index contributed by atoms with van der Waals surface area (Å²) in [6.07, 6.45) is 0. The van der Waals surface area contributed by atoms with E-state index >= 15 is 0 Å². The van der Waals surface area contributed by atoms with E-state index in [1.165, 1.54) is 18.2 Å². The lowest BCUT2D eigenvalue weighted by molar-refractivity contribution is -0.385. The van der Waals surface area contributed by atoms with Gasteiger partial charge in [-0.15, -0.1) is 0 Å². The molecule has 0 heterocycles. The number of hydrogen-bond donors (Lipinski definition) is 0. The number of rotatable bonds is 5. The number of ether oxygens (including phenoxy) is 1. The number of carbonyl (C=O) groups is 1. The first-order valence-electron chi connectivity index (χ1n) is 7.27. The van der Waals surface area contributed by atoms with Crippen molar-refractivity contribution in [3.8, 4) is 11.5 Å². The van der Waals surface area contributed by atoms with E-state index in [0.717, 1.165) is 0 Å². The fourth-order valence-electron chi connectivity index (χ4n) is 2.31. The monoisotopic (exact) mass is 319 g/mol. The van der Waals surface area contributed by atoms with Crippen LogP contribution >= 0.6 is 0 Å². The summed E-state index contributed by atoms with van der Waals surface area (Å²) in [7, 11) is 0. The van der Waals surface area contributed by atoms with Crippen LogP contribution in [0.2, 0.25) is 0 Å². The highest BCUT2D eigenvalue weighted by Crippen LogP contribution is 2.35. The maximum Gasteiger partial charge on any atom is 0.312 e. The number of ketones is 1. The zero-order valence-corrected chi connectivity index (χ0v) is 12.6. The smallest absolute Gasteiger partial charge is 0.312 e. The van der Waals surface area contributed by atoms with Crippen molar-refractivity contribution >= 4 is 11.5 Å². The molecule has 0 saturated heterocycles. The first-order valence-corrected chi connectivity index (χ1v) is 7.27. The van der Waals surface area contributed by atoms with Crippen LogP contribution in [-0.2, 0) is 0 Å². The van der Waals surface area contributed by atoms with Crippen LogP contribution in [0.1, 0.15) is 15.9 Å². The van der Waals surface area contributed by atoms with Crippen LogP contribution in [-0.4, -0.2) is 10.7 Å². The SMILES string of the molecule is O=C(c1ccccc1)c1cccc([N+](=O)[O-])c1Oc1ccccc1. The molecule has 3 aromatic carbocycles. The van der Waals surface area contributed by atoms with E-state index in [2.05, 4.69) is 0 Å². The van der Waals surface area contributed by atoms with Gasteiger partial charge in [-0.05, 0) is 18.2 Å². The van der Waals surface area contributed by atoms with Crippen molar-refractivity contribution in [2.75, 3.05) is 0 Å². The van der Waals surface area contributed by atoms with E-state index in [1.54, 1.807) is 54.6 Å². The molecule has 0 radical (unpaired) electrons. The first-order chi connectivity index (χ1) is 11.7. The van der Waals surface area contributed by atoms with Gasteiger partial charge in [0.25, 0.3) is 0 Å². The Labute approximate surface area is 138 Å². The second-order valence-electron chi connectivity index (χ2n) is 5.02. The van der Waals surface area contributed by atoms with Crippen LogP contribution in [0.4, 0.5) is 5.69 Å². The molecule has 0 atom stereocenters. The number of nitrogens with zero attached hydrogens (tertiary/aromatic N) is 1. The molecule has 3 aromatic rings. The standard InChI is InChI=1S/C19H13NO4/c21-18(14-8-3-1-4-9-14)16-12-7-13-17(20(22)23)19(16)24-15-10-5-2-6-11-15/h1-13H. The molecular weight excluding hydrogens is 306 g/mol. The maximum absolute atomic E-state index is 12.7. The van der Waals surface area contributed by atoms with Crippen LogP contribution in [0.25, 0.3) is 0 Å². The van der Waals surface area contributed by atoms with Gasteiger partial charge in [-0.2, -0.15) is 0 Å². The molecule has 118 valence electrons. The molecule has 0 bridgehead atoms. The minimum Gasteiger partial charge on any atom is -0.449 e. The molecule has 0 aliphatic heterocycles. The first kappa shape index (κ1) is 15.4. The second-order valence-corrected chi connectivity index (χ2v) is 5.02. The lowest BCUT2D eigenvalue weighted by Gasteiger charge is -2.11. The average molecular weight is 319 g/mol. The van der Waals surface area contributed by atoms with Gasteiger partial charge in [-0.25, -0.2) is 0 Å². The second kappa shape index (κ2) is 6.75. The molecule has 5 nitrogen and oxygen atoms in total. The van der Waals surface area contributed by atoms with E-state index in [9.17, 15) is 14.9 Å². The summed E-state index contributed by atoms with van der Waals surface area (Å²) >= 11 is 0. The van der Waals surface area contributed by atoms with Crippen LogP contribution in [0, 0.1) is 10.1 Å². The van der Waals surface area contributed by atoms with Gasteiger partial charge in [-0.1, -0.05) is 54.6 Å². The zero-order chi connectivity index (χ0) is 16.9. The number of carbonyl (C=O) groups excluding carboxylic acids is 1. The molecule has 0 spiro atoms. The summed E-state index contributed by atoms with van der Waals surface area (Å²) in [5, 5.41) is 11.3. The van der Waals surface area contributed by atoms with Crippen molar-refractivity contribution in [1.82, 2.24) is 0 Å². The van der Waals surface area contributed by atoms with Crippen molar-refractivity contribution < 1.29 is 14.5 Å². The van der Waals surface area contributed by atoms with E-state index < -0.39 is 4.92 Å². The Morgan fingerprint density at radius 3 is 2.08 bits per heavy atom. The van der Waals surface area contributed by atoms with Gasteiger partial charge in [-0.3, -0.25) is 14.9 Å². The van der Waals surface area contributed by atoms with Gasteiger partial charge in [0.05, 0.1) is 10.5 Å². The number of nitro groups is 1. The summed E-state index contributed by atoms with van der Waals surface area (Å²) in [6.45, 7) is 0. The predicted octanol–water partition coefficient (Wildman–Crippen LogP) is 4.62. The van der Waals surface area contributed by atoms with Gasteiger partial charge in [0.1, 0.15) is 5.75 Å². The van der Waals surface area contributed by atoms with Gasteiger partial charge in [0, 0.05) is 11.6 Å². The fourth-order valence-corrected chi connectivity index (χ4v) is 2.31. The molecule has 24 heavy (non-hydrogen) atoms. The molecule has 0 amide bonds. The predicted molar refractivity (Wildman–Crippen MR) is 89.5 cm³/mol. The van der Waals surface area contributed by atoms with E-state index in [-0.39, 0.29) is 22.8 Å². The average Bonchev–Trinajstić information content (AvgIpc) is 2.63. The molecule has 5 heteroatoms. The summed E-state index contributed by atoms with van der Waals surface area (Å²) in [4.78, 5) is 23.5. The minimum absolute atomic E-state index is 0.0532. The fraction of sp³-hybridized carbons (Fsp3) is 0. The van der Waals surface area contributed by atoms with Crippen molar-refractivity contribution in [1.29, 1.82) is 0 Å². The Morgan fingerprint density at radius 2 is 1.46 bits per heavy atom. The highest BCUT2D eigenvalue weighted by molar-refractivity contribution is 6.11. The van der Waals surface area contributed by atoms with E-state index in [0.29, 0.717) is 11.3 Å². The minimum atomic E-state index is -0.556. The third-order valence-corrected chi connectivity index (χ3v) is 3.43.